The molecule has 0 heterocycles. The predicted molar refractivity (Wildman–Crippen MR) is 93.7 cm³/mol. The Morgan fingerprint density at radius 1 is 1.10 bits per heavy atom. The molecule has 0 saturated carbocycles. The van der Waals surface area contributed by atoms with E-state index in [2.05, 4.69) is 28.8 Å². The molecule has 110 valence electrons. The van der Waals surface area contributed by atoms with Crippen LogP contribution in [0.15, 0.2) is 48.5 Å². The van der Waals surface area contributed by atoms with Crippen molar-refractivity contribution in [3.05, 3.63) is 64.7 Å². The van der Waals surface area contributed by atoms with E-state index in [1.165, 1.54) is 11.1 Å². The van der Waals surface area contributed by atoms with E-state index < -0.39 is 0 Å². The minimum Gasteiger partial charge on any atom is -0.376 e. The Balaban J connectivity index is 1.74. The zero-order valence-electron chi connectivity index (χ0n) is 11.6. The molecule has 0 aromatic heterocycles. The van der Waals surface area contributed by atoms with E-state index >= 15 is 0 Å². The van der Waals surface area contributed by atoms with E-state index in [1.54, 1.807) is 0 Å². The van der Waals surface area contributed by atoms with Gasteiger partial charge < -0.3 is 16.4 Å². The molecule has 0 amide bonds. The Labute approximate surface area is 135 Å². The normalized spacial score (nSPS) is 10.3. The van der Waals surface area contributed by atoms with Gasteiger partial charge in [-0.25, -0.2) is 0 Å². The Morgan fingerprint density at radius 3 is 2.52 bits per heavy atom. The number of hydrogen-bond donors (Lipinski definition) is 3. The van der Waals surface area contributed by atoms with Gasteiger partial charge in [0.25, 0.3) is 0 Å². The van der Waals surface area contributed by atoms with Crippen LogP contribution in [-0.4, -0.2) is 11.7 Å². The average Bonchev–Trinajstić information content (AvgIpc) is 2.45. The van der Waals surface area contributed by atoms with Crippen molar-refractivity contribution >= 4 is 34.6 Å². The van der Waals surface area contributed by atoms with E-state index in [9.17, 15) is 0 Å². The van der Waals surface area contributed by atoms with Gasteiger partial charge in [-0.1, -0.05) is 35.9 Å². The first-order valence-electron chi connectivity index (χ1n) is 6.74. The lowest BCUT2D eigenvalue weighted by Crippen LogP contribution is -2.19. The van der Waals surface area contributed by atoms with Crippen molar-refractivity contribution in [2.45, 2.75) is 13.0 Å². The highest BCUT2D eigenvalue weighted by atomic mass is 35.5. The largest absolute Gasteiger partial charge is 0.376 e. The highest BCUT2D eigenvalue weighted by Gasteiger charge is 1.97. The number of nitrogens with two attached hydrogens (primary N) is 1. The summed E-state index contributed by atoms with van der Waals surface area (Å²) in [7, 11) is 0. The molecular formula is C16H18ClN3S. The van der Waals surface area contributed by atoms with Crippen LogP contribution in [-0.2, 0) is 13.0 Å². The van der Waals surface area contributed by atoms with Gasteiger partial charge in [0, 0.05) is 17.3 Å². The zero-order valence-corrected chi connectivity index (χ0v) is 13.2. The molecule has 2 aromatic rings. The lowest BCUT2D eigenvalue weighted by atomic mass is 10.1. The number of nitrogens with one attached hydrogen (secondary N) is 2. The quantitative estimate of drug-likeness (QED) is 0.564. The van der Waals surface area contributed by atoms with Crippen LogP contribution in [0.1, 0.15) is 11.1 Å². The second kappa shape index (κ2) is 7.98. The van der Waals surface area contributed by atoms with E-state index in [4.69, 9.17) is 29.6 Å². The number of anilines is 1. The zero-order chi connectivity index (χ0) is 15.1. The summed E-state index contributed by atoms with van der Waals surface area (Å²) in [4.78, 5) is 0. The molecule has 0 aliphatic rings. The van der Waals surface area contributed by atoms with Crippen molar-refractivity contribution in [3.63, 3.8) is 0 Å². The third kappa shape index (κ3) is 5.71. The van der Waals surface area contributed by atoms with Crippen LogP contribution in [0.4, 0.5) is 5.69 Å². The molecule has 0 radical (unpaired) electrons. The predicted octanol–water partition coefficient (Wildman–Crippen LogP) is 3.33. The molecule has 0 aliphatic heterocycles. The fourth-order valence-electron chi connectivity index (χ4n) is 2.01. The molecule has 0 fully saturated rings. The van der Waals surface area contributed by atoms with Gasteiger partial charge in [-0.05, 0) is 60.6 Å². The Kier molecular flexibility index (Phi) is 5.99. The molecule has 0 atom stereocenters. The van der Waals surface area contributed by atoms with Gasteiger partial charge in [-0.2, -0.15) is 0 Å². The topological polar surface area (TPSA) is 50.1 Å². The third-order valence-corrected chi connectivity index (χ3v) is 3.37. The van der Waals surface area contributed by atoms with Crippen LogP contribution in [0.25, 0.3) is 0 Å². The summed E-state index contributed by atoms with van der Waals surface area (Å²) >= 11 is 10.8. The summed E-state index contributed by atoms with van der Waals surface area (Å²) in [6.45, 7) is 1.73. The minimum absolute atomic E-state index is 0.283. The molecule has 0 aliphatic carbocycles. The third-order valence-electron chi connectivity index (χ3n) is 3.03. The summed E-state index contributed by atoms with van der Waals surface area (Å²) in [5, 5.41) is 7.37. The molecule has 4 N–H and O–H groups in total. The van der Waals surface area contributed by atoms with Gasteiger partial charge in [-0.3, -0.25) is 0 Å². The minimum atomic E-state index is 0.283. The standard InChI is InChI=1S/C16H18ClN3S/c17-14-3-1-2-13(10-14)11-19-9-8-12-4-6-15(7-5-12)20-16(18)21/h1-7,10,19H,8-9,11H2,(H3,18,20,21). The number of hydrogen-bond acceptors (Lipinski definition) is 2. The van der Waals surface area contributed by atoms with Crippen molar-refractivity contribution < 1.29 is 0 Å². The highest BCUT2D eigenvalue weighted by Crippen LogP contribution is 2.11. The second-order valence-corrected chi connectivity index (χ2v) is 5.62. The van der Waals surface area contributed by atoms with E-state index in [-0.39, 0.29) is 5.11 Å². The van der Waals surface area contributed by atoms with Crippen LogP contribution in [0.3, 0.4) is 0 Å². The summed E-state index contributed by atoms with van der Waals surface area (Å²) in [6.07, 6.45) is 0.966. The summed E-state index contributed by atoms with van der Waals surface area (Å²) in [5.41, 5.74) is 8.80. The summed E-state index contributed by atoms with van der Waals surface area (Å²) in [6, 6.07) is 16.0. The van der Waals surface area contributed by atoms with Crippen molar-refractivity contribution in [2.75, 3.05) is 11.9 Å². The van der Waals surface area contributed by atoms with Crippen molar-refractivity contribution in [1.29, 1.82) is 0 Å². The molecule has 0 spiro atoms. The van der Waals surface area contributed by atoms with Crippen molar-refractivity contribution in [3.8, 4) is 0 Å². The molecule has 0 saturated heterocycles. The first-order chi connectivity index (χ1) is 10.1. The Morgan fingerprint density at radius 2 is 1.86 bits per heavy atom. The van der Waals surface area contributed by atoms with Gasteiger partial charge >= 0.3 is 0 Å². The lowest BCUT2D eigenvalue weighted by Gasteiger charge is -2.07. The fourth-order valence-corrected chi connectivity index (χ4v) is 2.34. The smallest absolute Gasteiger partial charge is 0.168 e. The van der Waals surface area contributed by atoms with Crippen molar-refractivity contribution in [1.82, 2.24) is 5.32 Å². The summed E-state index contributed by atoms with van der Waals surface area (Å²) < 4.78 is 0. The molecular weight excluding hydrogens is 302 g/mol. The Hall–Kier alpha value is -1.62. The van der Waals surface area contributed by atoms with Crippen LogP contribution in [0, 0.1) is 0 Å². The maximum atomic E-state index is 5.95. The molecule has 2 aromatic carbocycles. The SMILES string of the molecule is NC(=S)Nc1ccc(CCNCc2cccc(Cl)c2)cc1. The fraction of sp³-hybridized carbons (Fsp3) is 0.188. The highest BCUT2D eigenvalue weighted by molar-refractivity contribution is 7.80. The van der Waals surface area contributed by atoms with Gasteiger partial charge in [0.2, 0.25) is 0 Å². The van der Waals surface area contributed by atoms with Gasteiger partial charge in [0.1, 0.15) is 0 Å². The first-order valence-corrected chi connectivity index (χ1v) is 7.52. The summed E-state index contributed by atoms with van der Waals surface area (Å²) in [5.74, 6) is 0. The second-order valence-electron chi connectivity index (χ2n) is 4.74. The number of thiocarbonyl (C=S) groups is 1. The van der Waals surface area contributed by atoms with Gasteiger partial charge in [0.15, 0.2) is 5.11 Å². The van der Waals surface area contributed by atoms with Crippen LogP contribution in [0.2, 0.25) is 5.02 Å². The molecule has 5 heteroatoms. The maximum absolute atomic E-state index is 5.95. The number of rotatable bonds is 6. The van der Waals surface area contributed by atoms with E-state index in [0.29, 0.717) is 0 Å². The number of halogens is 1. The first kappa shape index (κ1) is 15.8. The maximum Gasteiger partial charge on any atom is 0.168 e. The van der Waals surface area contributed by atoms with E-state index in [1.807, 2.05) is 30.3 Å². The van der Waals surface area contributed by atoms with Crippen LogP contribution >= 0.6 is 23.8 Å². The average molecular weight is 320 g/mol. The van der Waals surface area contributed by atoms with Crippen LogP contribution in [0.5, 0.6) is 0 Å². The van der Waals surface area contributed by atoms with Crippen molar-refractivity contribution in [2.24, 2.45) is 5.73 Å². The lowest BCUT2D eigenvalue weighted by molar-refractivity contribution is 0.687. The molecule has 3 nitrogen and oxygen atoms in total. The van der Waals surface area contributed by atoms with Gasteiger partial charge in [-0.15, -0.1) is 0 Å². The molecule has 0 unspecified atom stereocenters. The monoisotopic (exact) mass is 319 g/mol. The molecule has 21 heavy (non-hydrogen) atoms. The molecule has 0 bridgehead atoms. The number of benzene rings is 2. The van der Waals surface area contributed by atoms with Gasteiger partial charge in [0.05, 0.1) is 0 Å². The van der Waals surface area contributed by atoms with E-state index in [0.717, 1.165) is 30.2 Å². The Bertz CT molecular complexity index is 599. The molecule has 2 rings (SSSR count). The van der Waals surface area contributed by atoms with Crippen LogP contribution < -0.4 is 16.4 Å².